The molecule has 0 bridgehead atoms. The van der Waals surface area contributed by atoms with Gasteiger partial charge < -0.3 is 10.6 Å². The summed E-state index contributed by atoms with van der Waals surface area (Å²) in [7, 11) is 0. The molecular formula is C18H19F4N5O. The van der Waals surface area contributed by atoms with Gasteiger partial charge in [0.15, 0.2) is 0 Å². The average molecular weight is 397 g/mol. The topological polar surface area (TPSA) is 79.8 Å². The van der Waals surface area contributed by atoms with Crippen LogP contribution in [0.2, 0.25) is 0 Å². The summed E-state index contributed by atoms with van der Waals surface area (Å²) in [4.78, 5) is 22.6. The van der Waals surface area contributed by atoms with Gasteiger partial charge >= 0.3 is 6.18 Å². The number of alkyl halides is 3. The molecule has 1 fully saturated rings. The van der Waals surface area contributed by atoms with Crippen molar-refractivity contribution in [3.05, 3.63) is 41.9 Å². The van der Waals surface area contributed by atoms with Crippen molar-refractivity contribution in [2.75, 3.05) is 6.54 Å². The van der Waals surface area contributed by atoms with E-state index in [2.05, 4.69) is 32.5 Å². The van der Waals surface area contributed by atoms with E-state index < -0.39 is 17.8 Å². The first kappa shape index (κ1) is 20.1. The predicted octanol–water partition coefficient (Wildman–Crippen LogP) is 2.70. The van der Waals surface area contributed by atoms with Crippen molar-refractivity contribution in [3.63, 3.8) is 0 Å². The van der Waals surface area contributed by atoms with Crippen LogP contribution in [0, 0.1) is 11.7 Å². The van der Waals surface area contributed by atoms with Crippen LogP contribution in [-0.4, -0.2) is 33.4 Å². The largest absolute Gasteiger partial charge is 0.451 e. The zero-order chi connectivity index (χ0) is 20.3. The van der Waals surface area contributed by atoms with Crippen LogP contribution in [0.5, 0.6) is 0 Å². The molecule has 6 nitrogen and oxygen atoms in total. The van der Waals surface area contributed by atoms with Crippen molar-refractivity contribution >= 4 is 5.91 Å². The van der Waals surface area contributed by atoms with Crippen LogP contribution >= 0.6 is 0 Å². The first-order valence-electron chi connectivity index (χ1n) is 8.83. The molecule has 3 heterocycles. The third-order valence-electron chi connectivity index (χ3n) is 4.70. The summed E-state index contributed by atoms with van der Waals surface area (Å²) in [6, 6.07) is 1.05. The molecule has 1 amide bonds. The molecule has 2 aromatic rings. The number of nitrogens with zero attached hydrogens (tertiary/aromatic N) is 3. The van der Waals surface area contributed by atoms with Crippen molar-refractivity contribution < 1.29 is 22.4 Å². The Morgan fingerprint density at radius 2 is 1.96 bits per heavy atom. The van der Waals surface area contributed by atoms with E-state index in [1.165, 1.54) is 6.07 Å². The molecule has 2 aromatic heterocycles. The number of rotatable bonds is 5. The minimum Gasteiger partial charge on any atom is -0.351 e. The number of carbonyl (C=O) groups excluding carboxylic acids is 1. The second-order valence-corrected chi connectivity index (χ2v) is 6.64. The van der Waals surface area contributed by atoms with Crippen LogP contribution in [0.15, 0.2) is 24.7 Å². The van der Waals surface area contributed by atoms with Gasteiger partial charge in [-0.1, -0.05) is 13.3 Å². The van der Waals surface area contributed by atoms with Crippen molar-refractivity contribution in [2.24, 2.45) is 5.92 Å². The molecule has 28 heavy (non-hydrogen) atoms. The molecule has 2 N–H and O–H groups in total. The fourth-order valence-electron chi connectivity index (χ4n) is 3.01. The first-order valence-corrected chi connectivity index (χ1v) is 8.83. The number of hydrogen-bond acceptors (Lipinski definition) is 5. The summed E-state index contributed by atoms with van der Waals surface area (Å²) in [5.41, 5.74) is 0.594. The van der Waals surface area contributed by atoms with E-state index in [1.54, 1.807) is 0 Å². The van der Waals surface area contributed by atoms with Gasteiger partial charge in [0.1, 0.15) is 5.82 Å². The lowest BCUT2D eigenvalue weighted by Crippen LogP contribution is -2.40. The van der Waals surface area contributed by atoms with Gasteiger partial charge in [0.05, 0.1) is 17.9 Å². The number of aromatic nitrogens is 3. The molecule has 1 saturated heterocycles. The number of nitrogens with one attached hydrogen (secondary N) is 2. The fourth-order valence-corrected chi connectivity index (χ4v) is 3.01. The molecule has 2 atom stereocenters. The maximum absolute atomic E-state index is 14.0. The van der Waals surface area contributed by atoms with E-state index in [0.717, 1.165) is 38.0 Å². The molecule has 0 aromatic carbocycles. The second kappa shape index (κ2) is 8.17. The Morgan fingerprint density at radius 3 is 2.57 bits per heavy atom. The molecule has 150 valence electrons. The lowest BCUT2D eigenvalue weighted by molar-refractivity contribution is -0.145. The number of pyridine rings is 1. The first-order chi connectivity index (χ1) is 13.3. The highest BCUT2D eigenvalue weighted by molar-refractivity contribution is 5.82. The third-order valence-corrected chi connectivity index (χ3v) is 4.70. The van der Waals surface area contributed by atoms with Crippen LogP contribution in [0.25, 0.3) is 11.3 Å². The Hall–Kier alpha value is -2.62. The van der Waals surface area contributed by atoms with E-state index >= 15 is 0 Å². The van der Waals surface area contributed by atoms with Crippen LogP contribution in [-0.2, 0) is 17.5 Å². The highest BCUT2D eigenvalue weighted by Crippen LogP contribution is 2.27. The SMILES string of the molecule is CC[C@H]1CN[C@H](C(=O)NCc2cc(-c3cnc(C(F)(F)F)nc3)ncc2F)C1. The Labute approximate surface area is 158 Å². The summed E-state index contributed by atoms with van der Waals surface area (Å²) in [6.45, 7) is 2.78. The van der Waals surface area contributed by atoms with E-state index in [9.17, 15) is 22.4 Å². The van der Waals surface area contributed by atoms with Gasteiger partial charge in [0.2, 0.25) is 11.7 Å². The normalized spacial score (nSPS) is 19.6. The summed E-state index contributed by atoms with van der Waals surface area (Å²) in [5, 5.41) is 5.82. The quantitative estimate of drug-likeness (QED) is 0.759. The monoisotopic (exact) mass is 397 g/mol. The zero-order valence-corrected chi connectivity index (χ0v) is 15.1. The molecule has 1 aliphatic rings. The third kappa shape index (κ3) is 4.61. The van der Waals surface area contributed by atoms with Gasteiger partial charge in [-0.15, -0.1) is 0 Å². The maximum atomic E-state index is 14.0. The van der Waals surface area contributed by atoms with Gasteiger partial charge in [-0.25, -0.2) is 14.4 Å². The average Bonchev–Trinajstić information content (AvgIpc) is 3.16. The second-order valence-electron chi connectivity index (χ2n) is 6.64. The Balaban J connectivity index is 1.69. The minimum atomic E-state index is -4.64. The highest BCUT2D eigenvalue weighted by atomic mass is 19.4. The molecular weight excluding hydrogens is 378 g/mol. The van der Waals surface area contributed by atoms with Crippen molar-refractivity contribution in [2.45, 2.75) is 38.5 Å². The van der Waals surface area contributed by atoms with Crippen LogP contribution in [0.1, 0.15) is 31.2 Å². The number of amides is 1. The van der Waals surface area contributed by atoms with Crippen molar-refractivity contribution in [1.29, 1.82) is 0 Å². The summed E-state index contributed by atoms with van der Waals surface area (Å²) >= 11 is 0. The molecule has 0 spiro atoms. The van der Waals surface area contributed by atoms with E-state index in [0.29, 0.717) is 5.92 Å². The van der Waals surface area contributed by atoms with Gasteiger partial charge in [-0.05, 0) is 24.9 Å². The molecule has 0 saturated carbocycles. The van der Waals surface area contributed by atoms with Crippen LogP contribution in [0.4, 0.5) is 17.6 Å². The Kier molecular flexibility index (Phi) is 5.87. The van der Waals surface area contributed by atoms with Gasteiger partial charge in [0.25, 0.3) is 0 Å². The maximum Gasteiger partial charge on any atom is 0.451 e. The predicted molar refractivity (Wildman–Crippen MR) is 92.3 cm³/mol. The Bertz CT molecular complexity index is 841. The summed E-state index contributed by atoms with van der Waals surface area (Å²) < 4.78 is 51.7. The van der Waals surface area contributed by atoms with Gasteiger partial charge in [0, 0.05) is 30.1 Å². The van der Waals surface area contributed by atoms with Crippen molar-refractivity contribution in [3.8, 4) is 11.3 Å². The number of hydrogen-bond donors (Lipinski definition) is 2. The van der Waals surface area contributed by atoms with Crippen molar-refractivity contribution in [1.82, 2.24) is 25.6 Å². The summed E-state index contributed by atoms with van der Waals surface area (Å²) in [6.07, 6.45) is -0.0220. The number of halogens is 4. The Morgan fingerprint density at radius 1 is 1.25 bits per heavy atom. The van der Waals surface area contributed by atoms with E-state index in [-0.39, 0.29) is 35.3 Å². The van der Waals surface area contributed by atoms with Gasteiger partial charge in [-0.2, -0.15) is 13.2 Å². The molecule has 0 unspecified atom stereocenters. The molecule has 1 aliphatic heterocycles. The van der Waals surface area contributed by atoms with E-state index in [4.69, 9.17) is 0 Å². The highest BCUT2D eigenvalue weighted by Gasteiger charge is 2.34. The summed E-state index contributed by atoms with van der Waals surface area (Å²) in [5.74, 6) is -1.66. The van der Waals surface area contributed by atoms with Gasteiger partial charge in [-0.3, -0.25) is 9.78 Å². The minimum absolute atomic E-state index is 0.0589. The zero-order valence-electron chi connectivity index (χ0n) is 15.1. The van der Waals surface area contributed by atoms with Crippen LogP contribution in [0.3, 0.4) is 0 Å². The molecule has 0 aliphatic carbocycles. The standard InChI is InChI=1S/C18H19F4N5O/c1-2-10-3-15(23-5-10)16(28)25-6-11-4-14(24-9-13(11)19)12-7-26-17(27-8-12)18(20,21)22/h4,7-10,15,23H,2-3,5-6H2,1H3,(H,25,28)/t10-,15+/m1/s1. The smallest absolute Gasteiger partial charge is 0.351 e. The van der Waals surface area contributed by atoms with E-state index in [1.807, 2.05) is 0 Å². The lowest BCUT2D eigenvalue weighted by Gasteiger charge is -2.12. The fraction of sp³-hybridized carbons (Fsp3) is 0.444. The molecule has 3 rings (SSSR count). The molecule has 10 heteroatoms. The lowest BCUT2D eigenvalue weighted by atomic mass is 10.0. The van der Waals surface area contributed by atoms with Crippen LogP contribution < -0.4 is 10.6 Å². The number of carbonyl (C=O) groups is 1. The molecule has 0 radical (unpaired) electrons.